The van der Waals surface area contributed by atoms with Gasteiger partial charge in [-0.15, -0.1) is 10.2 Å². The third-order valence-corrected chi connectivity index (χ3v) is 4.95. The van der Waals surface area contributed by atoms with Crippen molar-refractivity contribution < 1.29 is 0 Å². The first-order valence-corrected chi connectivity index (χ1v) is 6.78. The third kappa shape index (κ3) is 1.09. The first-order valence-electron chi connectivity index (χ1n) is 6.78. The van der Waals surface area contributed by atoms with Crippen molar-refractivity contribution in [1.82, 2.24) is 14.8 Å². The van der Waals surface area contributed by atoms with Gasteiger partial charge in [-0.3, -0.25) is 0 Å². The first-order chi connectivity index (χ1) is 7.85. The van der Waals surface area contributed by atoms with Crippen LogP contribution in [0.15, 0.2) is 0 Å². The van der Waals surface area contributed by atoms with Crippen LogP contribution in [-0.4, -0.2) is 14.8 Å². The molecule has 3 heterocycles. The maximum absolute atomic E-state index is 4.50. The van der Waals surface area contributed by atoms with Gasteiger partial charge in [-0.1, -0.05) is 6.92 Å². The molecule has 3 heteroatoms. The molecule has 5 rings (SSSR count). The van der Waals surface area contributed by atoms with Crippen molar-refractivity contribution in [2.24, 2.45) is 11.8 Å². The molecular formula is C13H19N3. The van der Waals surface area contributed by atoms with Crippen LogP contribution in [0.25, 0.3) is 0 Å². The van der Waals surface area contributed by atoms with Gasteiger partial charge < -0.3 is 4.57 Å². The summed E-state index contributed by atoms with van der Waals surface area (Å²) in [6, 6.07) is 0.733. The van der Waals surface area contributed by atoms with Gasteiger partial charge in [0.05, 0.1) is 0 Å². The number of nitrogens with zero attached hydrogens (tertiary/aromatic N) is 3. The van der Waals surface area contributed by atoms with Crippen molar-refractivity contribution in [1.29, 1.82) is 0 Å². The Morgan fingerprint density at radius 1 is 1.06 bits per heavy atom. The monoisotopic (exact) mass is 217 g/mol. The quantitative estimate of drug-likeness (QED) is 0.724. The molecule has 4 bridgehead atoms. The average Bonchev–Trinajstić information content (AvgIpc) is 2.63. The fourth-order valence-electron chi connectivity index (χ4n) is 4.49. The van der Waals surface area contributed by atoms with Crippen LogP contribution in [0.1, 0.15) is 62.6 Å². The lowest BCUT2D eigenvalue weighted by molar-refractivity contribution is 0.149. The number of aryl methyl sites for hydroxylation is 1. The standard InChI is InChI=1S/C13H19N3/c1-2-12-14-15-13-10-4-8-3-9(5-10)7-11(6-8)16(12)13/h8-11H,2-7H2,1H3. The van der Waals surface area contributed by atoms with Crippen LogP contribution in [0.4, 0.5) is 0 Å². The Bertz CT molecular complexity index is 409. The lowest BCUT2D eigenvalue weighted by Gasteiger charge is -2.38. The van der Waals surface area contributed by atoms with Crippen LogP contribution in [0.3, 0.4) is 0 Å². The number of rotatable bonds is 1. The van der Waals surface area contributed by atoms with Gasteiger partial charge in [-0.2, -0.15) is 0 Å². The zero-order chi connectivity index (χ0) is 10.7. The van der Waals surface area contributed by atoms with Gasteiger partial charge in [0.2, 0.25) is 0 Å². The maximum atomic E-state index is 4.50. The zero-order valence-corrected chi connectivity index (χ0v) is 9.89. The van der Waals surface area contributed by atoms with Crippen molar-refractivity contribution >= 4 is 0 Å². The molecule has 4 aliphatic rings. The number of hydrogen-bond acceptors (Lipinski definition) is 2. The van der Waals surface area contributed by atoms with Crippen molar-refractivity contribution in [3.05, 3.63) is 11.6 Å². The molecule has 1 aromatic heterocycles. The summed E-state index contributed by atoms with van der Waals surface area (Å²) in [5.74, 6) is 5.24. The normalized spacial score (nSPS) is 39.8. The Balaban J connectivity index is 1.88. The highest BCUT2D eigenvalue weighted by atomic mass is 15.3. The Kier molecular flexibility index (Phi) is 1.77. The average molecular weight is 217 g/mol. The van der Waals surface area contributed by atoms with Gasteiger partial charge in [-0.25, -0.2) is 0 Å². The second-order valence-electron chi connectivity index (χ2n) is 5.96. The summed E-state index contributed by atoms with van der Waals surface area (Å²) < 4.78 is 2.52. The molecule has 0 aromatic carbocycles. The third-order valence-electron chi connectivity index (χ3n) is 4.95. The van der Waals surface area contributed by atoms with Crippen molar-refractivity contribution in [3.63, 3.8) is 0 Å². The second-order valence-corrected chi connectivity index (χ2v) is 5.96. The molecule has 0 amide bonds. The summed E-state index contributed by atoms with van der Waals surface area (Å²) in [6.07, 6.45) is 8.08. The number of hydrogen-bond donors (Lipinski definition) is 0. The van der Waals surface area contributed by atoms with Gasteiger partial charge in [0, 0.05) is 18.4 Å². The molecule has 0 spiro atoms. The molecule has 2 aliphatic carbocycles. The van der Waals surface area contributed by atoms with Crippen LogP contribution in [0.5, 0.6) is 0 Å². The van der Waals surface area contributed by atoms with Gasteiger partial charge in [0.15, 0.2) is 0 Å². The molecule has 0 saturated heterocycles. The molecule has 0 radical (unpaired) electrons. The predicted molar refractivity (Wildman–Crippen MR) is 61.2 cm³/mol. The minimum absolute atomic E-state index is 0.726. The van der Waals surface area contributed by atoms with Crippen LogP contribution < -0.4 is 0 Å². The van der Waals surface area contributed by atoms with E-state index in [1.165, 1.54) is 43.8 Å². The molecule has 2 unspecified atom stereocenters. The van der Waals surface area contributed by atoms with Crippen molar-refractivity contribution in [2.45, 2.75) is 57.4 Å². The van der Waals surface area contributed by atoms with Gasteiger partial charge in [-0.05, 0) is 43.9 Å². The fourth-order valence-corrected chi connectivity index (χ4v) is 4.49. The first kappa shape index (κ1) is 9.20. The second kappa shape index (κ2) is 3.08. The summed E-state index contributed by atoms with van der Waals surface area (Å²) in [7, 11) is 0. The zero-order valence-electron chi connectivity index (χ0n) is 9.89. The van der Waals surface area contributed by atoms with E-state index in [2.05, 4.69) is 21.7 Å². The maximum Gasteiger partial charge on any atom is 0.136 e. The van der Waals surface area contributed by atoms with E-state index in [1.54, 1.807) is 0 Å². The fraction of sp³-hybridized carbons (Fsp3) is 0.846. The Labute approximate surface area is 96.3 Å². The lowest BCUT2D eigenvalue weighted by atomic mass is 9.68. The highest BCUT2D eigenvalue weighted by Crippen LogP contribution is 2.53. The van der Waals surface area contributed by atoms with Crippen LogP contribution in [0.2, 0.25) is 0 Å². The van der Waals surface area contributed by atoms with E-state index < -0.39 is 0 Å². The Morgan fingerprint density at radius 2 is 1.81 bits per heavy atom. The summed E-state index contributed by atoms with van der Waals surface area (Å²) >= 11 is 0. The molecular weight excluding hydrogens is 198 g/mol. The molecule has 1 aromatic rings. The minimum Gasteiger partial charge on any atom is -0.312 e. The highest BCUT2D eigenvalue weighted by molar-refractivity contribution is 5.12. The molecule has 2 atom stereocenters. The number of aromatic nitrogens is 3. The van der Waals surface area contributed by atoms with Gasteiger partial charge in [0.1, 0.15) is 11.6 Å². The highest BCUT2D eigenvalue weighted by Gasteiger charge is 2.43. The van der Waals surface area contributed by atoms with E-state index in [4.69, 9.17) is 0 Å². The van der Waals surface area contributed by atoms with Crippen molar-refractivity contribution in [3.8, 4) is 0 Å². The molecule has 16 heavy (non-hydrogen) atoms. The molecule has 0 N–H and O–H groups in total. The van der Waals surface area contributed by atoms with E-state index in [0.717, 1.165) is 30.2 Å². The largest absolute Gasteiger partial charge is 0.312 e. The molecule has 3 nitrogen and oxygen atoms in total. The van der Waals surface area contributed by atoms with Gasteiger partial charge in [0.25, 0.3) is 0 Å². The van der Waals surface area contributed by atoms with E-state index in [-0.39, 0.29) is 0 Å². The SMILES string of the molecule is CCc1nnc2n1C1CC3CC(CC2C3)C1. The van der Waals surface area contributed by atoms with Crippen LogP contribution in [0, 0.1) is 11.8 Å². The summed E-state index contributed by atoms with van der Waals surface area (Å²) in [4.78, 5) is 0. The smallest absolute Gasteiger partial charge is 0.136 e. The summed E-state index contributed by atoms with van der Waals surface area (Å²) in [5, 5.41) is 8.89. The topological polar surface area (TPSA) is 30.7 Å². The van der Waals surface area contributed by atoms with Crippen molar-refractivity contribution in [2.75, 3.05) is 0 Å². The minimum atomic E-state index is 0.726. The van der Waals surface area contributed by atoms with E-state index in [9.17, 15) is 0 Å². The summed E-state index contributed by atoms with van der Waals surface area (Å²) in [5.41, 5.74) is 0. The predicted octanol–water partition coefficient (Wildman–Crippen LogP) is 2.69. The van der Waals surface area contributed by atoms with Crippen LogP contribution in [-0.2, 0) is 6.42 Å². The van der Waals surface area contributed by atoms with E-state index in [1.807, 2.05) is 0 Å². The van der Waals surface area contributed by atoms with Gasteiger partial charge >= 0.3 is 0 Å². The lowest BCUT2D eigenvalue weighted by Crippen LogP contribution is -2.27. The van der Waals surface area contributed by atoms with Crippen LogP contribution >= 0.6 is 0 Å². The molecule has 2 fully saturated rings. The Morgan fingerprint density at radius 3 is 2.50 bits per heavy atom. The molecule has 2 aliphatic heterocycles. The summed E-state index contributed by atoms with van der Waals surface area (Å²) in [6.45, 7) is 2.20. The molecule has 2 saturated carbocycles. The van der Waals surface area contributed by atoms with E-state index >= 15 is 0 Å². The molecule has 86 valence electrons. The Hall–Kier alpha value is -0.860. The van der Waals surface area contributed by atoms with E-state index in [0.29, 0.717) is 0 Å².